The second-order valence-electron chi connectivity index (χ2n) is 3.18. The third-order valence-corrected chi connectivity index (χ3v) is 2.63. The minimum Gasteiger partial charge on any atom is -0.496 e. The highest BCUT2D eigenvalue weighted by Crippen LogP contribution is 2.32. The molecule has 78 valence electrons. The summed E-state index contributed by atoms with van der Waals surface area (Å²) in [4.78, 5) is 0. The molecule has 1 aliphatic heterocycles. The monoisotopic (exact) mass is 233 g/mol. The van der Waals surface area contributed by atoms with Gasteiger partial charge in [0.2, 0.25) is 0 Å². The molecule has 1 aromatic rings. The van der Waals surface area contributed by atoms with E-state index in [4.69, 9.17) is 16.3 Å². The number of methoxy groups -OCH3 is 1. The average Bonchev–Trinajstić information content (AvgIpc) is 2.02. The summed E-state index contributed by atoms with van der Waals surface area (Å²) in [5.74, 6) is 0.918. The molecule has 1 aliphatic rings. The van der Waals surface area contributed by atoms with E-state index in [0.717, 1.165) is 23.7 Å². The second-order valence-corrected chi connectivity index (χ2v) is 3.62. The molecule has 1 heterocycles. The number of hydrogen-bond donors (Lipinski definition) is 1. The third-order valence-electron chi connectivity index (χ3n) is 2.39. The van der Waals surface area contributed by atoms with Gasteiger partial charge < -0.3 is 10.1 Å². The molecule has 2 nitrogen and oxygen atoms in total. The quantitative estimate of drug-likeness (QED) is 0.849. The van der Waals surface area contributed by atoms with Gasteiger partial charge in [-0.1, -0.05) is 11.6 Å². The normalized spacial score (nSPS) is 19.4. The first-order valence-electron chi connectivity index (χ1n) is 4.38. The highest BCUT2D eigenvalue weighted by atomic mass is 35.5. The van der Waals surface area contributed by atoms with Crippen LogP contribution in [0.2, 0.25) is 5.02 Å². The van der Waals surface area contributed by atoms with Gasteiger partial charge in [-0.25, -0.2) is 0 Å². The zero-order chi connectivity index (χ0) is 9.26. The van der Waals surface area contributed by atoms with Crippen molar-refractivity contribution in [2.24, 2.45) is 0 Å². The molecule has 1 N–H and O–H groups in total. The van der Waals surface area contributed by atoms with Crippen molar-refractivity contribution in [3.63, 3.8) is 0 Å². The molecule has 0 radical (unpaired) electrons. The number of hydrogen-bond acceptors (Lipinski definition) is 2. The summed E-state index contributed by atoms with van der Waals surface area (Å²) in [5.41, 5.74) is 1.17. The van der Waals surface area contributed by atoms with E-state index in [1.165, 1.54) is 5.56 Å². The van der Waals surface area contributed by atoms with Crippen LogP contribution in [0.1, 0.15) is 18.0 Å². The van der Waals surface area contributed by atoms with Gasteiger partial charge in [0.25, 0.3) is 0 Å². The summed E-state index contributed by atoms with van der Waals surface area (Å²) in [6.45, 7) is 1.08. The lowest BCUT2D eigenvalue weighted by Gasteiger charge is -2.29. The summed E-state index contributed by atoms with van der Waals surface area (Å²) < 4.78 is 5.26. The van der Waals surface area contributed by atoms with Crippen molar-refractivity contribution in [2.45, 2.75) is 12.5 Å². The lowest BCUT2D eigenvalue weighted by molar-refractivity contribution is 0.353. The molecule has 0 saturated carbocycles. The van der Waals surface area contributed by atoms with Crippen molar-refractivity contribution in [3.05, 3.63) is 28.8 Å². The van der Waals surface area contributed by atoms with Crippen molar-refractivity contribution in [1.82, 2.24) is 5.32 Å². The maximum atomic E-state index is 5.92. The van der Waals surface area contributed by atoms with Gasteiger partial charge in [0.1, 0.15) is 5.75 Å². The fourth-order valence-electron chi connectivity index (χ4n) is 1.53. The van der Waals surface area contributed by atoms with Gasteiger partial charge >= 0.3 is 0 Å². The molecule has 0 amide bonds. The Bertz CT molecular complexity index is 313. The first-order valence-corrected chi connectivity index (χ1v) is 4.76. The van der Waals surface area contributed by atoms with Crippen molar-refractivity contribution in [2.75, 3.05) is 13.7 Å². The molecule has 0 aliphatic carbocycles. The summed E-state index contributed by atoms with van der Waals surface area (Å²) in [7, 11) is 1.69. The number of ether oxygens (including phenoxy) is 1. The molecule has 14 heavy (non-hydrogen) atoms. The SMILES string of the molecule is COc1ccc(Cl)cc1[C@H]1CCN1.Cl. The molecular formula is C10H13Cl2NO. The van der Waals surface area contributed by atoms with Crippen LogP contribution >= 0.6 is 24.0 Å². The molecule has 0 bridgehead atoms. The predicted octanol–water partition coefficient (Wildman–Crippen LogP) is 2.80. The van der Waals surface area contributed by atoms with Crippen LogP contribution in [-0.2, 0) is 0 Å². The summed E-state index contributed by atoms with van der Waals surface area (Å²) >= 11 is 5.92. The summed E-state index contributed by atoms with van der Waals surface area (Å²) in [5, 5.41) is 4.09. The fraction of sp³-hybridized carbons (Fsp3) is 0.400. The van der Waals surface area contributed by atoms with Crippen molar-refractivity contribution < 1.29 is 4.74 Å². The smallest absolute Gasteiger partial charge is 0.123 e. The molecule has 4 heteroatoms. The standard InChI is InChI=1S/C10H12ClNO.ClH/c1-13-10-3-2-7(11)6-8(10)9-4-5-12-9;/h2-3,6,9,12H,4-5H2,1H3;1H/t9-;/m1./s1. The minimum absolute atomic E-state index is 0. The number of nitrogens with one attached hydrogen (secondary N) is 1. The van der Waals surface area contributed by atoms with Crippen LogP contribution in [0.4, 0.5) is 0 Å². The molecule has 1 fully saturated rings. The van der Waals surface area contributed by atoms with Crippen LogP contribution in [0, 0.1) is 0 Å². The van der Waals surface area contributed by atoms with Crippen molar-refractivity contribution in [3.8, 4) is 5.75 Å². The molecule has 0 unspecified atom stereocenters. The highest BCUT2D eigenvalue weighted by molar-refractivity contribution is 6.30. The third kappa shape index (κ3) is 2.14. The average molecular weight is 234 g/mol. The number of benzene rings is 1. The maximum Gasteiger partial charge on any atom is 0.123 e. The van der Waals surface area contributed by atoms with E-state index in [1.807, 2.05) is 18.2 Å². The van der Waals surface area contributed by atoms with Crippen LogP contribution in [-0.4, -0.2) is 13.7 Å². The molecule has 1 aromatic carbocycles. The molecule has 2 rings (SSSR count). The number of rotatable bonds is 2. The molecule has 0 aromatic heterocycles. The van der Waals surface area contributed by atoms with Gasteiger partial charge in [-0.2, -0.15) is 0 Å². The minimum atomic E-state index is 0. The van der Waals surface area contributed by atoms with E-state index in [0.29, 0.717) is 6.04 Å². The molecular weight excluding hydrogens is 221 g/mol. The van der Waals surface area contributed by atoms with Gasteiger partial charge in [0, 0.05) is 16.6 Å². The fourth-order valence-corrected chi connectivity index (χ4v) is 1.71. The van der Waals surface area contributed by atoms with Gasteiger partial charge in [-0.3, -0.25) is 0 Å². The van der Waals surface area contributed by atoms with Gasteiger partial charge in [0.15, 0.2) is 0 Å². The van der Waals surface area contributed by atoms with Gasteiger partial charge in [-0.05, 0) is 31.2 Å². The van der Waals surface area contributed by atoms with E-state index >= 15 is 0 Å². The van der Waals surface area contributed by atoms with Crippen LogP contribution in [0.3, 0.4) is 0 Å². The van der Waals surface area contributed by atoms with Gasteiger partial charge in [-0.15, -0.1) is 12.4 Å². The Labute approximate surface area is 95.0 Å². The maximum absolute atomic E-state index is 5.92. The first kappa shape index (κ1) is 11.6. The Kier molecular flexibility index (Phi) is 4.05. The van der Waals surface area contributed by atoms with Crippen molar-refractivity contribution >= 4 is 24.0 Å². The lowest BCUT2D eigenvalue weighted by Crippen LogP contribution is -2.35. The molecule has 1 atom stereocenters. The Morgan fingerprint density at radius 2 is 2.21 bits per heavy atom. The first-order chi connectivity index (χ1) is 6.31. The van der Waals surface area contributed by atoms with Crippen LogP contribution in [0.15, 0.2) is 18.2 Å². The van der Waals surface area contributed by atoms with Crippen LogP contribution in [0.25, 0.3) is 0 Å². The lowest BCUT2D eigenvalue weighted by atomic mass is 9.97. The van der Waals surface area contributed by atoms with E-state index in [1.54, 1.807) is 7.11 Å². The van der Waals surface area contributed by atoms with E-state index in [-0.39, 0.29) is 12.4 Å². The molecule has 0 spiro atoms. The van der Waals surface area contributed by atoms with E-state index in [2.05, 4.69) is 5.32 Å². The van der Waals surface area contributed by atoms with E-state index in [9.17, 15) is 0 Å². The Morgan fingerprint density at radius 1 is 1.50 bits per heavy atom. The Balaban J connectivity index is 0.000000980. The van der Waals surface area contributed by atoms with Crippen molar-refractivity contribution in [1.29, 1.82) is 0 Å². The van der Waals surface area contributed by atoms with E-state index < -0.39 is 0 Å². The number of halogens is 2. The topological polar surface area (TPSA) is 21.3 Å². The van der Waals surface area contributed by atoms with Gasteiger partial charge in [0.05, 0.1) is 7.11 Å². The second kappa shape index (κ2) is 4.87. The predicted molar refractivity (Wildman–Crippen MR) is 60.6 cm³/mol. The zero-order valence-electron chi connectivity index (χ0n) is 7.92. The summed E-state index contributed by atoms with van der Waals surface area (Å²) in [6.07, 6.45) is 1.16. The molecule has 1 saturated heterocycles. The van der Waals surface area contributed by atoms with Crippen LogP contribution in [0.5, 0.6) is 5.75 Å². The highest BCUT2D eigenvalue weighted by Gasteiger charge is 2.21. The Hall–Kier alpha value is -0.440. The van der Waals surface area contributed by atoms with Crippen LogP contribution < -0.4 is 10.1 Å². The summed E-state index contributed by atoms with van der Waals surface area (Å²) in [6, 6.07) is 6.16. The Morgan fingerprint density at radius 3 is 2.71 bits per heavy atom. The largest absolute Gasteiger partial charge is 0.496 e. The zero-order valence-corrected chi connectivity index (χ0v) is 9.49.